The summed E-state index contributed by atoms with van der Waals surface area (Å²) in [6, 6.07) is 4.64. The molecule has 0 fully saturated rings. The van der Waals surface area contributed by atoms with Crippen LogP contribution in [0.5, 0.6) is 0 Å². The van der Waals surface area contributed by atoms with Gasteiger partial charge in [-0.15, -0.1) is 0 Å². The van der Waals surface area contributed by atoms with Gasteiger partial charge >= 0.3 is 14.8 Å². The van der Waals surface area contributed by atoms with Crippen LogP contribution in [0.4, 0.5) is 8.78 Å². The van der Waals surface area contributed by atoms with Crippen LogP contribution in [0.15, 0.2) is 24.3 Å². The Balaban J connectivity index is 2.16. The summed E-state index contributed by atoms with van der Waals surface area (Å²) < 4.78 is 49.3. The topological polar surface area (TPSA) is 54.0 Å². The highest BCUT2D eigenvalue weighted by molar-refractivity contribution is 6.60. The second kappa shape index (κ2) is 16.1. The predicted octanol–water partition coefficient (Wildman–Crippen LogP) is 5.91. The van der Waals surface area contributed by atoms with Crippen LogP contribution < -0.4 is 0 Å². The molecular weight excluding hydrogens is 422 g/mol. The average Bonchev–Trinajstić information content (AvgIpc) is 2.74. The fourth-order valence-corrected chi connectivity index (χ4v) is 5.87. The third-order valence-electron chi connectivity index (χ3n) is 4.59. The van der Waals surface area contributed by atoms with E-state index < -0.39 is 26.4 Å². The molecule has 1 rings (SSSR count). The van der Waals surface area contributed by atoms with Gasteiger partial charge in [0.1, 0.15) is 0 Å². The molecule has 0 radical (unpaired) electrons. The number of benzene rings is 1. The lowest BCUT2D eigenvalue weighted by Gasteiger charge is -2.28. The van der Waals surface area contributed by atoms with Gasteiger partial charge in [0.25, 0.3) is 0 Å². The number of unbranched alkanes of at least 4 members (excludes halogenated alkanes) is 5. The molecule has 1 aromatic carbocycles. The van der Waals surface area contributed by atoms with Crippen LogP contribution in [-0.2, 0) is 22.8 Å². The van der Waals surface area contributed by atoms with Crippen LogP contribution in [0.3, 0.4) is 0 Å². The minimum Gasteiger partial charge on any atom is -0.463 e. The fraction of sp³-hybridized carbons (Fsp3) is 0.609. The average molecular weight is 459 g/mol. The molecule has 0 aliphatic heterocycles. The summed E-state index contributed by atoms with van der Waals surface area (Å²) in [5.74, 6) is -2.49. The Morgan fingerprint density at radius 3 is 2.10 bits per heavy atom. The SMILES string of the molecule is CCO[Si](CCCCCCCCOC(=O)/C=C/c1cccc(F)c1F)(OCC)OCC. The Hall–Kier alpha value is -1.61. The van der Waals surface area contributed by atoms with Crippen molar-refractivity contribution in [2.24, 2.45) is 0 Å². The highest BCUT2D eigenvalue weighted by Gasteiger charge is 2.39. The lowest BCUT2D eigenvalue weighted by atomic mass is 10.1. The minimum absolute atomic E-state index is 0.0158. The number of hydrogen-bond acceptors (Lipinski definition) is 5. The van der Waals surface area contributed by atoms with E-state index in [1.165, 1.54) is 18.2 Å². The number of esters is 1. The summed E-state index contributed by atoms with van der Waals surface area (Å²) >= 11 is 0. The molecule has 5 nitrogen and oxygen atoms in total. The third kappa shape index (κ3) is 11.0. The first-order chi connectivity index (χ1) is 15.0. The molecule has 0 saturated carbocycles. The zero-order valence-electron chi connectivity index (χ0n) is 19.0. The summed E-state index contributed by atoms with van der Waals surface area (Å²) in [5, 5.41) is 0. The van der Waals surface area contributed by atoms with Gasteiger partial charge in [0.2, 0.25) is 0 Å². The molecule has 0 amide bonds. The van der Waals surface area contributed by atoms with E-state index in [0.717, 1.165) is 56.7 Å². The van der Waals surface area contributed by atoms with Crippen molar-refractivity contribution in [3.8, 4) is 0 Å². The summed E-state index contributed by atoms with van der Waals surface area (Å²) in [5.41, 5.74) is 0.0158. The second-order valence-corrected chi connectivity index (χ2v) is 9.73. The van der Waals surface area contributed by atoms with Crippen LogP contribution in [0.2, 0.25) is 6.04 Å². The van der Waals surface area contributed by atoms with E-state index >= 15 is 0 Å². The van der Waals surface area contributed by atoms with E-state index in [2.05, 4.69) is 0 Å². The lowest BCUT2D eigenvalue weighted by Crippen LogP contribution is -2.45. The molecule has 0 spiro atoms. The molecule has 0 bridgehead atoms. The quantitative estimate of drug-likeness (QED) is 0.126. The van der Waals surface area contributed by atoms with Gasteiger partial charge in [0.05, 0.1) is 6.61 Å². The predicted molar refractivity (Wildman–Crippen MR) is 119 cm³/mol. The first kappa shape index (κ1) is 27.4. The molecule has 1 aromatic rings. The van der Waals surface area contributed by atoms with Crippen LogP contribution >= 0.6 is 0 Å². The Kier molecular flexibility index (Phi) is 14.2. The number of carbonyl (C=O) groups excluding carboxylic acids is 1. The van der Waals surface area contributed by atoms with Crippen LogP contribution in [0, 0.1) is 11.6 Å². The first-order valence-corrected chi connectivity index (χ1v) is 13.1. The van der Waals surface area contributed by atoms with Crippen molar-refractivity contribution in [2.45, 2.75) is 65.3 Å². The van der Waals surface area contributed by atoms with E-state index in [9.17, 15) is 13.6 Å². The number of rotatable bonds is 17. The maximum atomic E-state index is 13.5. The van der Waals surface area contributed by atoms with Gasteiger partial charge in [-0.3, -0.25) is 0 Å². The van der Waals surface area contributed by atoms with Crippen LogP contribution in [-0.4, -0.2) is 41.2 Å². The smallest absolute Gasteiger partial charge is 0.463 e. The molecule has 176 valence electrons. The summed E-state index contributed by atoms with van der Waals surface area (Å²) in [7, 11) is -2.54. The molecule has 8 heteroatoms. The van der Waals surface area contributed by atoms with Crippen molar-refractivity contribution in [1.82, 2.24) is 0 Å². The Labute approximate surface area is 186 Å². The molecule has 0 aromatic heterocycles. The minimum atomic E-state index is -2.54. The van der Waals surface area contributed by atoms with E-state index in [0.29, 0.717) is 26.4 Å². The van der Waals surface area contributed by atoms with Crippen molar-refractivity contribution in [1.29, 1.82) is 0 Å². The molecule has 0 unspecified atom stereocenters. The molecule has 31 heavy (non-hydrogen) atoms. The third-order valence-corrected chi connectivity index (χ3v) is 7.75. The van der Waals surface area contributed by atoms with Crippen LogP contribution in [0.1, 0.15) is 64.9 Å². The molecule has 0 heterocycles. The summed E-state index contributed by atoms with van der Waals surface area (Å²) in [6.45, 7) is 7.97. The van der Waals surface area contributed by atoms with Crippen molar-refractivity contribution < 1.29 is 31.6 Å². The molecule has 0 aliphatic rings. The van der Waals surface area contributed by atoms with Gasteiger partial charge in [-0.25, -0.2) is 13.6 Å². The van der Waals surface area contributed by atoms with Crippen molar-refractivity contribution in [2.75, 3.05) is 26.4 Å². The van der Waals surface area contributed by atoms with E-state index in [1.54, 1.807) is 0 Å². The molecular formula is C23H36F2O5Si. The maximum absolute atomic E-state index is 13.5. The lowest BCUT2D eigenvalue weighted by molar-refractivity contribution is -0.137. The number of hydrogen-bond donors (Lipinski definition) is 0. The Bertz CT molecular complexity index is 652. The Morgan fingerprint density at radius 2 is 1.48 bits per heavy atom. The van der Waals surface area contributed by atoms with Gasteiger partial charge in [0.15, 0.2) is 11.6 Å². The first-order valence-electron chi connectivity index (χ1n) is 11.2. The van der Waals surface area contributed by atoms with Crippen molar-refractivity contribution in [3.63, 3.8) is 0 Å². The second-order valence-electron chi connectivity index (χ2n) is 7.00. The molecule has 0 aliphatic carbocycles. The summed E-state index contributed by atoms with van der Waals surface area (Å²) in [6.07, 6.45) is 8.27. The van der Waals surface area contributed by atoms with E-state index in [-0.39, 0.29) is 5.56 Å². The van der Waals surface area contributed by atoms with E-state index in [1.807, 2.05) is 20.8 Å². The number of halogens is 2. The number of carbonyl (C=O) groups is 1. The highest BCUT2D eigenvalue weighted by atomic mass is 28.4. The maximum Gasteiger partial charge on any atom is 0.500 e. The van der Waals surface area contributed by atoms with Gasteiger partial charge in [-0.05, 0) is 45.8 Å². The standard InChI is InChI=1S/C23H36F2O5Si/c1-4-28-31(29-5-2,30-6-3)19-12-10-8-7-9-11-18-27-22(26)17-16-20-14-13-15-21(24)23(20)25/h13-17H,4-12,18-19H2,1-3H3/b17-16+. The van der Waals surface area contributed by atoms with Gasteiger partial charge in [-0.2, -0.15) is 0 Å². The highest BCUT2D eigenvalue weighted by Crippen LogP contribution is 2.20. The normalized spacial score (nSPS) is 11.9. The van der Waals surface area contributed by atoms with Gasteiger partial charge < -0.3 is 18.0 Å². The number of ether oxygens (including phenoxy) is 1. The van der Waals surface area contributed by atoms with E-state index in [4.69, 9.17) is 18.0 Å². The molecule has 0 atom stereocenters. The fourth-order valence-electron chi connectivity index (χ4n) is 3.18. The zero-order chi connectivity index (χ0) is 23.0. The monoisotopic (exact) mass is 458 g/mol. The van der Waals surface area contributed by atoms with Gasteiger partial charge in [-0.1, -0.05) is 37.8 Å². The largest absolute Gasteiger partial charge is 0.500 e. The molecule has 0 N–H and O–H groups in total. The van der Waals surface area contributed by atoms with Crippen molar-refractivity contribution in [3.05, 3.63) is 41.5 Å². The zero-order valence-corrected chi connectivity index (χ0v) is 20.0. The van der Waals surface area contributed by atoms with Crippen molar-refractivity contribution >= 4 is 20.8 Å². The Morgan fingerprint density at radius 1 is 0.903 bits per heavy atom. The summed E-state index contributed by atoms with van der Waals surface area (Å²) in [4.78, 5) is 11.7. The van der Waals surface area contributed by atoms with Crippen LogP contribution in [0.25, 0.3) is 6.08 Å². The molecule has 0 saturated heterocycles. The van der Waals surface area contributed by atoms with Gasteiger partial charge in [0, 0.05) is 37.5 Å².